The minimum Gasteiger partial charge on any atom is -0.466 e. The minimum atomic E-state index is -0.165. The van der Waals surface area contributed by atoms with Gasteiger partial charge in [0.25, 0.3) is 0 Å². The van der Waals surface area contributed by atoms with Crippen molar-refractivity contribution in [1.29, 1.82) is 0 Å². The lowest BCUT2D eigenvalue weighted by Gasteiger charge is -2.24. The van der Waals surface area contributed by atoms with E-state index in [0.29, 0.717) is 12.5 Å². The second-order valence-corrected chi connectivity index (χ2v) is 4.18. The summed E-state index contributed by atoms with van der Waals surface area (Å²) < 4.78 is 5.00. The first-order chi connectivity index (χ1) is 6.14. The van der Waals surface area contributed by atoms with Gasteiger partial charge in [-0.1, -0.05) is 0 Å². The molecule has 0 aromatic heterocycles. The molecule has 2 N–H and O–H groups in total. The van der Waals surface area contributed by atoms with Crippen LogP contribution in [0, 0.1) is 18.3 Å². The Labute approximate surface area is 78.6 Å². The summed E-state index contributed by atoms with van der Waals surface area (Å²) in [6, 6.07) is 0. The van der Waals surface area contributed by atoms with Crippen molar-refractivity contribution < 1.29 is 9.53 Å². The van der Waals surface area contributed by atoms with Gasteiger partial charge < -0.3 is 10.5 Å². The molecule has 0 saturated heterocycles. The molecule has 0 unspecified atom stereocenters. The SMILES string of the molecule is CCOC(=O)[C@@H]1[CH][C@@]2(N)CC[C@H]1C2. The molecule has 0 heterocycles. The first-order valence-electron chi connectivity index (χ1n) is 4.96. The van der Waals surface area contributed by atoms with Crippen molar-refractivity contribution in [2.75, 3.05) is 6.61 Å². The zero-order valence-electron chi connectivity index (χ0n) is 7.95. The number of hydrogen-bond acceptors (Lipinski definition) is 3. The fourth-order valence-corrected chi connectivity index (χ4v) is 2.60. The van der Waals surface area contributed by atoms with Gasteiger partial charge in [0.1, 0.15) is 0 Å². The predicted octanol–water partition coefficient (Wildman–Crippen LogP) is 0.881. The standard InChI is InChI=1S/C10H16NO2/c1-2-13-9(12)8-6-10(11)4-3-7(8)5-10/h6-8H,2-5,11H2,1H3/t7-,8+,10+/m0/s1. The summed E-state index contributed by atoms with van der Waals surface area (Å²) in [7, 11) is 0. The molecule has 0 spiro atoms. The number of rotatable bonds is 2. The second-order valence-electron chi connectivity index (χ2n) is 4.18. The molecule has 1 radical (unpaired) electrons. The lowest BCUT2D eigenvalue weighted by molar-refractivity contribution is -0.148. The van der Waals surface area contributed by atoms with Crippen LogP contribution in [0.5, 0.6) is 0 Å². The quantitative estimate of drug-likeness (QED) is 0.645. The highest BCUT2D eigenvalue weighted by Crippen LogP contribution is 2.49. The monoisotopic (exact) mass is 182 g/mol. The van der Waals surface area contributed by atoms with Crippen LogP contribution < -0.4 is 5.73 Å². The zero-order valence-corrected chi connectivity index (χ0v) is 7.95. The van der Waals surface area contributed by atoms with Gasteiger partial charge in [-0.05, 0) is 38.5 Å². The van der Waals surface area contributed by atoms with Gasteiger partial charge in [0, 0.05) is 5.54 Å². The Kier molecular flexibility index (Phi) is 2.06. The van der Waals surface area contributed by atoms with Crippen LogP contribution in [0.1, 0.15) is 26.2 Å². The second kappa shape index (κ2) is 2.98. The third kappa shape index (κ3) is 1.46. The molecule has 73 valence electrons. The van der Waals surface area contributed by atoms with Gasteiger partial charge in [0.05, 0.1) is 12.5 Å². The highest BCUT2D eigenvalue weighted by molar-refractivity contribution is 5.75. The maximum absolute atomic E-state index is 11.5. The number of carbonyl (C=O) groups excluding carboxylic acids is 1. The van der Waals surface area contributed by atoms with Crippen molar-refractivity contribution in [2.24, 2.45) is 17.6 Å². The lowest BCUT2D eigenvalue weighted by atomic mass is 9.86. The van der Waals surface area contributed by atoms with Gasteiger partial charge in [-0.2, -0.15) is 0 Å². The number of nitrogens with two attached hydrogens (primary N) is 1. The summed E-state index contributed by atoms with van der Waals surface area (Å²) in [4.78, 5) is 11.5. The molecule has 3 nitrogen and oxygen atoms in total. The Hall–Kier alpha value is -0.570. The Morgan fingerprint density at radius 3 is 3.00 bits per heavy atom. The van der Waals surface area contributed by atoms with Crippen LogP contribution >= 0.6 is 0 Å². The molecular formula is C10H16NO2. The number of fused-ring (bicyclic) bond motifs is 2. The van der Waals surface area contributed by atoms with Gasteiger partial charge in [-0.15, -0.1) is 0 Å². The molecule has 3 atom stereocenters. The van der Waals surface area contributed by atoms with E-state index in [2.05, 4.69) is 0 Å². The molecule has 0 aliphatic heterocycles. The van der Waals surface area contributed by atoms with Crippen LogP contribution in [0.4, 0.5) is 0 Å². The smallest absolute Gasteiger partial charge is 0.309 e. The van der Waals surface area contributed by atoms with Crippen LogP contribution in [0.3, 0.4) is 0 Å². The van der Waals surface area contributed by atoms with E-state index in [1.54, 1.807) is 0 Å². The van der Waals surface area contributed by atoms with Gasteiger partial charge in [-0.3, -0.25) is 4.79 Å². The van der Waals surface area contributed by atoms with Crippen molar-refractivity contribution in [2.45, 2.75) is 31.7 Å². The molecule has 0 aromatic carbocycles. The van der Waals surface area contributed by atoms with Crippen molar-refractivity contribution in [3.05, 3.63) is 6.42 Å². The van der Waals surface area contributed by atoms with E-state index in [4.69, 9.17) is 10.5 Å². The molecule has 2 rings (SSSR count). The highest BCUT2D eigenvalue weighted by Gasteiger charge is 2.51. The van der Waals surface area contributed by atoms with Crippen molar-refractivity contribution in [3.63, 3.8) is 0 Å². The summed E-state index contributed by atoms with van der Waals surface area (Å²) in [5.41, 5.74) is 5.90. The van der Waals surface area contributed by atoms with Gasteiger partial charge >= 0.3 is 5.97 Å². The number of esters is 1. The molecule has 2 fully saturated rings. The molecule has 13 heavy (non-hydrogen) atoms. The fraction of sp³-hybridized carbons (Fsp3) is 0.800. The van der Waals surface area contributed by atoms with Gasteiger partial charge in [-0.25, -0.2) is 0 Å². The summed E-state index contributed by atoms with van der Waals surface area (Å²) in [5.74, 6) is 0.335. The normalized spacial score (nSPS) is 42.3. The number of hydrogen-bond donors (Lipinski definition) is 1. The Morgan fingerprint density at radius 1 is 1.77 bits per heavy atom. The average molecular weight is 182 g/mol. The Bertz CT molecular complexity index is 229. The maximum Gasteiger partial charge on any atom is 0.309 e. The number of carbonyl (C=O) groups is 1. The minimum absolute atomic E-state index is 0.0290. The van der Waals surface area contributed by atoms with Crippen LogP contribution in [0.25, 0.3) is 0 Å². The fourth-order valence-electron chi connectivity index (χ4n) is 2.60. The average Bonchev–Trinajstić information content (AvgIpc) is 2.59. The maximum atomic E-state index is 11.5. The molecular weight excluding hydrogens is 166 g/mol. The first kappa shape index (κ1) is 9.00. The van der Waals surface area contributed by atoms with Crippen molar-refractivity contribution in [1.82, 2.24) is 0 Å². The summed E-state index contributed by atoms with van der Waals surface area (Å²) in [6.07, 6.45) is 5.08. The molecule has 2 aliphatic rings. The van der Waals surface area contributed by atoms with E-state index in [1.807, 2.05) is 13.3 Å². The molecule has 2 aliphatic carbocycles. The molecule has 2 saturated carbocycles. The van der Waals surface area contributed by atoms with Crippen LogP contribution in [0.2, 0.25) is 0 Å². The molecule has 2 bridgehead atoms. The van der Waals surface area contributed by atoms with Crippen molar-refractivity contribution in [3.8, 4) is 0 Å². The lowest BCUT2D eigenvalue weighted by Crippen LogP contribution is -2.38. The van der Waals surface area contributed by atoms with E-state index < -0.39 is 0 Å². The largest absolute Gasteiger partial charge is 0.466 e. The van der Waals surface area contributed by atoms with E-state index in [1.165, 1.54) is 0 Å². The zero-order chi connectivity index (χ0) is 9.47. The third-order valence-corrected chi connectivity index (χ3v) is 3.20. The van der Waals surface area contributed by atoms with Crippen molar-refractivity contribution >= 4 is 5.97 Å². The first-order valence-corrected chi connectivity index (χ1v) is 4.96. The van der Waals surface area contributed by atoms with E-state index in [0.717, 1.165) is 19.3 Å². The highest BCUT2D eigenvalue weighted by atomic mass is 16.5. The summed E-state index contributed by atoms with van der Waals surface area (Å²) in [5, 5.41) is 0. The Balaban J connectivity index is 2.00. The third-order valence-electron chi connectivity index (χ3n) is 3.20. The predicted molar refractivity (Wildman–Crippen MR) is 48.7 cm³/mol. The summed E-state index contributed by atoms with van der Waals surface area (Å²) in [6.45, 7) is 2.30. The van der Waals surface area contributed by atoms with E-state index in [-0.39, 0.29) is 17.4 Å². The van der Waals surface area contributed by atoms with Crippen LogP contribution in [-0.2, 0) is 9.53 Å². The van der Waals surface area contributed by atoms with Crippen LogP contribution in [0.15, 0.2) is 0 Å². The van der Waals surface area contributed by atoms with Gasteiger partial charge in [0.15, 0.2) is 0 Å². The summed E-state index contributed by atoms with van der Waals surface area (Å²) >= 11 is 0. The molecule has 0 amide bonds. The number of ether oxygens (including phenoxy) is 1. The van der Waals surface area contributed by atoms with Crippen LogP contribution in [-0.4, -0.2) is 18.1 Å². The Morgan fingerprint density at radius 2 is 2.54 bits per heavy atom. The van der Waals surface area contributed by atoms with E-state index in [9.17, 15) is 4.79 Å². The van der Waals surface area contributed by atoms with E-state index >= 15 is 0 Å². The molecule has 0 aromatic rings. The molecule has 3 heteroatoms. The topological polar surface area (TPSA) is 52.3 Å². The van der Waals surface area contributed by atoms with Gasteiger partial charge in [0.2, 0.25) is 0 Å².